The summed E-state index contributed by atoms with van der Waals surface area (Å²) in [7, 11) is 0. The summed E-state index contributed by atoms with van der Waals surface area (Å²) in [6.45, 7) is 2.83. The molecule has 2 nitrogen and oxygen atoms in total. The Morgan fingerprint density at radius 3 is 2.05 bits per heavy atom. The molecule has 0 aromatic heterocycles. The van der Waals surface area contributed by atoms with Crippen molar-refractivity contribution in [3.63, 3.8) is 0 Å². The molecule has 0 N–H and O–H groups in total. The van der Waals surface area contributed by atoms with Gasteiger partial charge in [0.15, 0.2) is 0 Å². The molecule has 0 amide bonds. The van der Waals surface area contributed by atoms with Crippen LogP contribution in [0, 0.1) is 11.5 Å². The molecule has 0 aliphatic heterocycles. The van der Waals surface area contributed by atoms with Crippen molar-refractivity contribution in [2.24, 2.45) is 0 Å². The van der Waals surface area contributed by atoms with Gasteiger partial charge in [0.05, 0.1) is 0 Å². The fourth-order valence-corrected chi connectivity index (χ4v) is 2.03. The standard InChI is InChI=1S/C18H31NO/c1-2-3-4-5-6-7-8-9-10-11-12-13-14-15-16-17-20-18-19/h6-7,9-10H,2-5,8,11-17H2,1H3/b7-6-,10-9-. The molecule has 20 heavy (non-hydrogen) atoms. The van der Waals surface area contributed by atoms with Gasteiger partial charge < -0.3 is 4.74 Å². The van der Waals surface area contributed by atoms with E-state index in [9.17, 15) is 0 Å². The second-order valence-corrected chi connectivity index (χ2v) is 5.17. The Bertz CT molecular complexity index is 276. The van der Waals surface area contributed by atoms with Crippen molar-refractivity contribution < 1.29 is 4.74 Å². The molecule has 0 rings (SSSR count). The van der Waals surface area contributed by atoms with Crippen LogP contribution in [-0.4, -0.2) is 6.61 Å². The van der Waals surface area contributed by atoms with Crippen molar-refractivity contribution in [3.8, 4) is 6.26 Å². The van der Waals surface area contributed by atoms with Gasteiger partial charge in [0.2, 0.25) is 0 Å². The zero-order valence-corrected chi connectivity index (χ0v) is 13.2. The van der Waals surface area contributed by atoms with Crippen LogP contribution in [0.15, 0.2) is 24.3 Å². The molecular formula is C18H31NO. The van der Waals surface area contributed by atoms with Gasteiger partial charge in [0.1, 0.15) is 6.61 Å². The Morgan fingerprint density at radius 2 is 1.40 bits per heavy atom. The highest BCUT2D eigenvalue weighted by Gasteiger charge is 1.90. The van der Waals surface area contributed by atoms with Crippen LogP contribution in [-0.2, 0) is 4.74 Å². The van der Waals surface area contributed by atoms with Gasteiger partial charge >= 0.3 is 0 Å². The highest BCUT2D eigenvalue weighted by atomic mass is 16.5. The van der Waals surface area contributed by atoms with Gasteiger partial charge in [-0.15, -0.1) is 0 Å². The largest absolute Gasteiger partial charge is 0.428 e. The second kappa shape index (κ2) is 17.8. The summed E-state index contributed by atoms with van der Waals surface area (Å²) in [4.78, 5) is 0. The number of hydrogen-bond acceptors (Lipinski definition) is 2. The Hall–Kier alpha value is -1.23. The maximum Gasteiger partial charge on any atom is 0.286 e. The number of unbranched alkanes of at least 4 members (excludes halogenated alkanes) is 8. The summed E-state index contributed by atoms with van der Waals surface area (Å²) in [5.41, 5.74) is 0. The van der Waals surface area contributed by atoms with Crippen LogP contribution in [0.5, 0.6) is 0 Å². The SMILES string of the molecule is CCCCC/C=C\C/C=C\CCCCCCCOC#N. The van der Waals surface area contributed by atoms with Crippen LogP contribution >= 0.6 is 0 Å². The van der Waals surface area contributed by atoms with E-state index in [1.807, 2.05) is 0 Å². The third kappa shape index (κ3) is 16.8. The summed E-state index contributed by atoms with van der Waals surface area (Å²) in [6.07, 6.45) is 24.3. The minimum atomic E-state index is 0.584. The molecule has 0 spiro atoms. The predicted molar refractivity (Wildman–Crippen MR) is 86.3 cm³/mol. The summed E-state index contributed by atoms with van der Waals surface area (Å²) >= 11 is 0. The first-order valence-electron chi connectivity index (χ1n) is 8.22. The van der Waals surface area contributed by atoms with E-state index in [4.69, 9.17) is 5.26 Å². The van der Waals surface area contributed by atoms with Crippen LogP contribution in [0.4, 0.5) is 0 Å². The van der Waals surface area contributed by atoms with Crippen LogP contribution < -0.4 is 0 Å². The maximum absolute atomic E-state index is 8.20. The Morgan fingerprint density at radius 1 is 0.800 bits per heavy atom. The van der Waals surface area contributed by atoms with Crippen molar-refractivity contribution in [2.75, 3.05) is 6.61 Å². The Labute approximate surface area is 125 Å². The van der Waals surface area contributed by atoms with E-state index in [1.165, 1.54) is 57.8 Å². The molecule has 0 unspecified atom stereocenters. The molecule has 114 valence electrons. The average Bonchev–Trinajstić information content (AvgIpc) is 2.47. The topological polar surface area (TPSA) is 33.0 Å². The van der Waals surface area contributed by atoms with E-state index in [0.29, 0.717) is 6.61 Å². The van der Waals surface area contributed by atoms with Gasteiger partial charge in [-0.1, -0.05) is 63.3 Å². The quantitative estimate of drug-likeness (QED) is 0.225. The van der Waals surface area contributed by atoms with Gasteiger partial charge in [0, 0.05) is 0 Å². The number of nitrogens with zero attached hydrogens (tertiary/aromatic N) is 1. The maximum atomic E-state index is 8.20. The minimum absolute atomic E-state index is 0.584. The highest BCUT2D eigenvalue weighted by molar-refractivity contribution is 4.92. The molecule has 0 aromatic rings. The summed E-state index contributed by atoms with van der Waals surface area (Å²) in [6, 6.07) is 0. The number of allylic oxidation sites excluding steroid dienone is 4. The van der Waals surface area contributed by atoms with Gasteiger partial charge in [-0.05, 0) is 38.5 Å². The number of ether oxygens (including phenoxy) is 1. The zero-order chi connectivity index (χ0) is 14.7. The third-order valence-electron chi connectivity index (χ3n) is 3.26. The van der Waals surface area contributed by atoms with E-state index < -0.39 is 0 Å². The molecule has 0 saturated heterocycles. The van der Waals surface area contributed by atoms with Gasteiger partial charge in [-0.3, -0.25) is 0 Å². The second-order valence-electron chi connectivity index (χ2n) is 5.17. The minimum Gasteiger partial charge on any atom is -0.428 e. The van der Waals surface area contributed by atoms with Crippen molar-refractivity contribution in [1.82, 2.24) is 0 Å². The molecule has 0 aromatic carbocycles. The Kier molecular flexibility index (Phi) is 16.7. The van der Waals surface area contributed by atoms with Gasteiger partial charge in [-0.25, -0.2) is 0 Å². The van der Waals surface area contributed by atoms with Gasteiger partial charge in [-0.2, -0.15) is 5.26 Å². The lowest BCUT2D eigenvalue weighted by atomic mass is 10.1. The first-order chi connectivity index (χ1) is 9.91. The normalized spacial score (nSPS) is 11.2. The molecule has 0 fully saturated rings. The molecule has 0 aliphatic carbocycles. The van der Waals surface area contributed by atoms with Crippen LogP contribution in [0.25, 0.3) is 0 Å². The predicted octanol–water partition coefficient (Wildman–Crippen LogP) is 5.91. The lowest BCUT2D eigenvalue weighted by Gasteiger charge is -1.98. The first-order valence-corrected chi connectivity index (χ1v) is 8.22. The molecule has 0 radical (unpaired) electrons. The molecule has 0 bridgehead atoms. The van der Waals surface area contributed by atoms with Crippen molar-refractivity contribution >= 4 is 0 Å². The molecular weight excluding hydrogens is 246 g/mol. The molecule has 0 atom stereocenters. The number of rotatable bonds is 14. The lowest BCUT2D eigenvalue weighted by Crippen LogP contribution is -1.87. The van der Waals surface area contributed by atoms with Crippen molar-refractivity contribution in [1.29, 1.82) is 5.26 Å². The summed E-state index contributed by atoms with van der Waals surface area (Å²) in [5, 5.41) is 8.20. The fourth-order valence-electron chi connectivity index (χ4n) is 2.03. The smallest absolute Gasteiger partial charge is 0.286 e. The van der Waals surface area contributed by atoms with Crippen LogP contribution in [0.2, 0.25) is 0 Å². The summed E-state index contributed by atoms with van der Waals surface area (Å²) < 4.78 is 4.63. The highest BCUT2D eigenvalue weighted by Crippen LogP contribution is 2.06. The van der Waals surface area contributed by atoms with Crippen LogP contribution in [0.1, 0.15) is 77.6 Å². The van der Waals surface area contributed by atoms with Crippen LogP contribution in [0.3, 0.4) is 0 Å². The fraction of sp³-hybridized carbons (Fsp3) is 0.722. The molecule has 0 heterocycles. The number of nitriles is 1. The van der Waals surface area contributed by atoms with E-state index in [1.54, 1.807) is 6.26 Å². The van der Waals surface area contributed by atoms with Crippen molar-refractivity contribution in [2.45, 2.75) is 77.6 Å². The average molecular weight is 277 g/mol. The van der Waals surface area contributed by atoms with E-state index in [2.05, 4.69) is 36.0 Å². The lowest BCUT2D eigenvalue weighted by molar-refractivity contribution is 0.260. The van der Waals surface area contributed by atoms with E-state index in [0.717, 1.165) is 12.8 Å². The third-order valence-corrected chi connectivity index (χ3v) is 3.26. The monoisotopic (exact) mass is 277 g/mol. The Balaban J connectivity index is 3.14. The first kappa shape index (κ1) is 18.8. The van der Waals surface area contributed by atoms with E-state index in [-0.39, 0.29) is 0 Å². The zero-order valence-electron chi connectivity index (χ0n) is 13.2. The molecule has 2 heteroatoms. The molecule has 0 aliphatic rings. The number of hydrogen-bond donors (Lipinski definition) is 0. The molecule has 0 saturated carbocycles. The summed E-state index contributed by atoms with van der Waals surface area (Å²) in [5.74, 6) is 0. The van der Waals surface area contributed by atoms with E-state index >= 15 is 0 Å². The van der Waals surface area contributed by atoms with Gasteiger partial charge in [0.25, 0.3) is 6.26 Å². The van der Waals surface area contributed by atoms with Crippen molar-refractivity contribution in [3.05, 3.63) is 24.3 Å².